The van der Waals surface area contributed by atoms with Crippen LogP contribution in [0.5, 0.6) is 11.5 Å². The van der Waals surface area contributed by atoms with Crippen molar-refractivity contribution in [2.75, 3.05) is 42.9 Å². The molecule has 0 aromatic heterocycles. The summed E-state index contributed by atoms with van der Waals surface area (Å²) in [6.45, 7) is 2.79. The minimum Gasteiger partial charge on any atom is -0.507 e. The highest BCUT2D eigenvalue weighted by molar-refractivity contribution is 7.92. The maximum atomic E-state index is 13.4. The summed E-state index contributed by atoms with van der Waals surface area (Å²) in [5, 5.41) is 16.4. The summed E-state index contributed by atoms with van der Waals surface area (Å²) in [6.07, 6.45) is 6.29. The molecule has 2 aromatic carbocycles. The van der Waals surface area contributed by atoms with Crippen LogP contribution in [0.25, 0.3) is 0 Å². The van der Waals surface area contributed by atoms with Crippen LogP contribution in [0.1, 0.15) is 28.8 Å². The van der Waals surface area contributed by atoms with Gasteiger partial charge in [0, 0.05) is 24.8 Å². The third kappa shape index (κ3) is 6.24. The predicted molar refractivity (Wildman–Crippen MR) is 133 cm³/mol. The van der Waals surface area contributed by atoms with Crippen molar-refractivity contribution < 1.29 is 27.8 Å². The molecule has 1 saturated heterocycles. The van der Waals surface area contributed by atoms with Crippen molar-refractivity contribution in [2.45, 2.75) is 30.3 Å². The molecule has 0 saturated carbocycles. The summed E-state index contributed by atoms with van der Waals surface area (Å²) in [7, 11) is -4.15. The lowest BCUT2D eigenvalue weighted by Crippen LogP contribution is -2.21. The quantitative estimate of drug-likeness (QED) is 0.400. The first-order chi connectivity index (χ1) is 16.8. The van der Waals surface area contributed by atoms with E-state index in [4.69, 9.17) is 15.2 Å². The number of aromatic hydroxyl groups is 1. The highest BCUT2D eigenvalue weighted by atomic mass is 32.2. The molecular weight excluding hydrogens is 472 g/mol. The Labute approximate surface area is 204 Å². The predicted octanol–water partition coefficient (Wildman–Crippen LogP) is 1.96. The molecule has 1 amide bonds. The summed E-state index contributed by atoms with van der Waals surface area (Å²) >= 11 is 0. The number of anilines is 2. The van der Waals surface area contributed by atoms with Crippen molar-refractivity contribution in [3.63, 3.8) is 0 Å². The fourth-order valence-electron chi connectivity index (χ4n) is 4.00. The number of ether oxygens (including phenoxy) is 2. The van der Waals surface area contributed by atoms with Crippen LogP contribution in [0.2, 0.25) is 0 Å². The fourth-order valence-corrected chi connectivity index (χ4v) is 5.24. The lowest BCUT2D eigenvalue weighted by molar-refractivity contribution is 0.0997. The Morgan fingerprint density at radius 1 is 1.14 bits per heavy atom. The van der Waals surface area contributed by atoms with Crippen LogP contribution in [0.3, 0.4) is 0 Å². The second kappa shape index (κ2) is 11.0. The van der Waals surface area contributed by atoms with Gasteiger partial charge in [0.1, 0.15) is 22.5 Å². The molecule has 2 aliphatic heterocycles. The molecule has 2 bridgehead atoms. The second-order valence-electron chi connectivity index (χ2n) is 8.39. The van der Waals surface area contributed by atoms with E-state index in [1.165, 1.54) is 6.07 Å². The van der Waals surface area contributed by atoms with E-state index in [0.717, 1.165) is 37.6 Å². The van der Waals surface area contributed by atoms with E-state index in [1.54, 1.807) is 18.2 Å². The lowest BCUT2D eigenvalue weighted by Gasteiger charge is -2.19. The van der Waals surface area contributed by atoms with Crippen molar-refractivity contribution in [2.24, 2.45) is 5.73 Å². The molecule has 0 spiro atoms. The number of sulfonamides is 1. The molecule has 4 rings (SSSR count). The molecule has 2 aromatic rings. The van der Waals surface area contributed by atoms with Crippen LogP contribution in [0.15, 0.2) is 47.4 Å². The molecule has 1 unspecified atom stereocenters. The Hall–Kier alpha value is -3.28. The van der Waals surface area contributed by atoms with E-state index in [9.17, 15) is 18.3 Å². The average molecular weight is 503 g/mol. The molecule has 2 heterocycles. The van der Waals surface area contributed by atoms with Gasteiger partial charge in [0.05, 0.1) is 24.5 Å². The van der Waals surface area contributed by atoms with E-state index in [0.29, 0.717) is 37.6 Å². The van der Waals surface area contributed by atoms with Gasteiger partial charge in [0.15, 0.2) is 0 Å². The first-order valence-electron chi connectivity index (χ1n) is 11.5. The normalized spacial score (nSPS) is 21.2. The SMILES string of the molecule is NC(=O)c1cc2c(cc1O)NCCOCC/C=C/Cc1cc(ccc1OC1CCNC1)NS2(=O)=O. The van der Waals surface area contributed by atoms with Crippen LogP contribution in [-0.2, 0) is 21.2 Å². The van der Waals surface area contributed by atoms with E-state index < -0.39 is 21.7 Å². The second-order valence-corrected chi connectivity index (χ2v) is 10.0. The zero-order valence-corrected chi connectivity index (χ0v) is 20.1. The molecule has 1 atom stereocenters. The van der Waals surface area contributed by atoms with Gasteiger partial charge in [-0.15, -0.1) is 0 Å². The molecule has 10 nitrogen and oxygen atoms in total. The van der Waals surface area contributed by atoms with Gasteiger partial charge >= 0.3 is 0 Å². The smallest absolute Gasteiger partial charge is 0.263 e. The van der Waals surface area contributed by atoms with Gasteiger partial charge in [0.25, 0.3) is 15.9 Å². The summed E-state index contributed by atoms with van der Waals surface area (Å²) in [6, 6.07) is 7.39. The number of hydrogen-bond donors (Lipinski definition) is 5. The number of allylic oxidation sites excluding steroid dienone is 1. The first-order valence-corrected chi connectivity index (χ1v) is 13.0. The molecule has 0 aliphatic carbocycles. The van der Waals surface area contributed by atoms with Crippen molar-refractivity contribution >= 4 is 27.3 Å². The number of rotatable bonds is 3. The largest absolute Gasteiger partial charge is 0.507 e. The highest BCUT2D eigenvalue weighted by Crippen LogP contribution is 2.32. The standard InChI is InChI=1S/C24H30N4O6S/c25-24(30)19-13-23-20(14-21(19)29)27-9-11-33-10-3-1-2-4-16-12-17(28-35(23,31)32)5-6-22(16)34-18-7-8-26-15-18/h1-2,5-6,12-14,18,26-29H,3-4,7-11,15H2,(H2,25,30)/b2-1+. The van der Waals surface area contributed by atoms with Gasteiger partial charge in [-0.3, -0.25) is 9.52 Å². The first kappa shape index (κ1) is 24.8. The Balaban J connectivity index is 1.72. The number of phenols is 1. The number of nitrogens with two attached hydrogens (primary N) is 1. The number of primary amides is 1. The topological polar surface area (TPSA) is 152 Å². The number of benzene rings is 2. The van der Waals surface area contributed by atoms with Crippen LogP contribution in [0, 0.1) is 0 Å². The van der Waals surface area contributed by atoms with Gasteiger partial charge in [-0.1, -0.05) is 12.2 Å². The minimum absolute atomic E-state index is 0.0596. The molecule has 2 aliphatic rings. The minimum atomic E-state index is -4.15. The Bertz CT molecular complexity index is 1210. The highest BCUT2D eigenvalue weighted by Gasteiger charge is 2.24. The number of hydrogen-bond acceptors (Lipinski definition) is 8. The van der Waals surface area contributed by atoms with Crippen LogP contribution in [-0.4, -0.2) is 58.4 Å². The fraction of sp³-hybridized carbons (Fsp3) is 0.375. The summed E-state index contributed by atoms with van der Waals surface area (Å²) < 4.78 is 41.1. The van der Waals surface area contributed by atoms with Crippen LogP contribution >= 0.6 is 0 Å². The Morgan fingerprint density at radius 2 is 2.00 bits per heavy atom. The van der Waals surface area contributed by atoms with Gasteiger partial charge in [0.2, 0.25) is 0 Å². The molecule has 0 radical (unpaired) electrons. The third-order valence-electron chi connectivity index (χ3n) is 5.77. The molecule has 6 N–H and O–H groups in total. The van der Waals surface area contributed by atoms with Crippen LogP contribution < -0.4 is 25.8 Å². The Morgan fingerprint density at radius 3 is 2.77 bits per heavy atom. The van der Waals surface area contributed by atoms with Crippen molar-refractivity contribution in [3.05, 3.63) is 53.6 Å². The average Bonchev–Trinajstić information content (AvgIpc) is 3.31. The summed E-state index contributed by atoms with van der Waals surface area (Å²) in [5.41, 5.74) is 6.36. The van der Waals surface area contributed by atoms with Crippen molar-refractivity contribution in [1.29, 1.82) is 0 Å². The van der Waals surface area contributed by atoms with Gasteiger partial charge in [-0.2, -0.15) is 0 Å². The number of amides is 1. The zero-order valence-electron chi connectivity index (χ0n) is 19.2. The van der Waals surface area contributed by atoms with Gasteiger partial charge < -0.3 is 30.9 Å². The maximum Gasteiger partial charge on any atom is 0.263 e. The van der Waals surface area contributed by atoms with Crippen molar-refractivity contribution in [1.82, 2.24) is 5.32 Å². The summed E-state index contributed by atoms with van der Waals surface area (Å²) in [5.74, 6) is -0.649. The molecular formula is C24H30N4O6S. The molecule has 11 heteroatoms. The Kier molecular flexibility index (Phi) is 7.79. The molecule has 188 valence electrons. The monoisotopic (exact) mass is 502 g/mol. The molecule has 1 fully saturated rings. The van der Waals surface area contributed by atoms with Gasteiger partial charge in [-0.25, -0.2) is 8.42 Å². The van der Waals surface area contributed by atoms with Gasteiger partial charge in [-0.05, 0) is 55.6 Å². The summed E-state index contributed by atoms with van der Waals surface area (Å²) in [4.78, 5) is 11.5. The van der Waals surface area contributed by atoms with Crippen molar-refractivity contribution in [3.8, 4) is 11.5 Å². The lowest BCUT2D eigenvalue weighted by atomic mass is 10.1. The van der Waals surface area contributed by atoms with E-state index in [1.807, 2.05) is 12.2 Å². The number of carbonyl (C=O) groups is 1. The third-order valence-corrected chi connectivity index (χ3v) is 7.19. The number of fused-ring (bicyclic) bond motifs is 3. The van der Waals surface area contributed by atoms with Crippen LogP contribution in [0.4, 0.5) is 11.4 Å². The number of carbonyl (C=O) groups excluding carboxylic acids is 1. The molecule has 35 heavy (non-hydrogen) atoms. The van der Waals surface area contributed by atoms with E-state index >= 15 is 0 Å². The maximum absolute atomic E-state index is 13.4. The number of nitrogens with one attached hydrogen (secondary N) is 3. The van der Waals surface area contributed by atoms with E-state index in [-0.39, 0.29) is 22.3 Å². The van der Waals surface area contributed by atoms with E-state index in [2.05, 4.69) is 15.4 Å². The zero-order chi connectivity index (χ0) is 24.8.